The molecule has 0 spiro atoms. The Hall–Kier alpha value is -0.340. The van der Waals surface area contributed by atoms with Gasteiger partial charge in [0.15, 0.2) is 0 Å². The lowest BCUT2D eigenvalue weighted by molar-refractivity contribution is -0.0532. The first-order valence-corrected chi connectivity index (χ1v) is 8.52. The molecule has 2 heteroatoms. The molecule has 0 fully saturated rings. The van der Waals surface area contributed by atoms with E-state index >= 15 is 0 Å². The van der Waals surface area contributed by atoms with Gasteiger partial charge in [0.2, 0.25) is 0 Å². The van der Waals surface area contributed by atoms with Gasteiger partial charge < -0.3 is 9.84 Å². The highest BCUT2D eigenvalue weighted by atomic mass is 16.5. The number of ether oxygens (including phenoxy) is 1. The van der Waals surface area contributed by atoms with Gasteiger partial charge in [0.25, 0.3) is 0 Å². The first-order chi connectivity index (χ1) is 9.53. The van der Waals surface area contributed by atoms with Gasteiger partial charge in [0.05, 0.1) is 11.7 Å². The molecule has 2 atom stereocenters. The maximum absolute atomic E-state index is 9.24. The molecule has 0 saturated carbocycles. The molecule has 0 saturated heterocycles. The zero-order valence-corrected chi connectivity index (χ0v) is 14.3. The van der Waals surface area contributed by atoms with Gasteiger partial charge in [-0.05, 0) is 45.4 Å². The van der Waals surface area contributed by atoms with Gasteiger partial charge in [-0.25, -0.2) is 0 Å². The minimum atomic E-state index is -0.321. The van der Waals surface area contributed by atoms with E-state index in [1.165, 1.54) is 25.7 Å². The molecule has 0 amide bonds. The van der Waals surface area contributed by atoms with Gasteiger partial charge in [-0.1, -0.05) is 52.2 Å². The quantitative estimate of drug-likeness (QED) is 0.505. The Morgan fingerprint density at radius 2 is 1.80 bits per heavy atom. The van der Waals surface area contributed by atoms with E-state index in [0.29, 0.717) is 0 Å². The first-order valence-electron chi connectivity index (χ1n) is 8.52. The second kappa shape index (κ2) is 11.3. The van der Waals surface area contributed by atoms with Crippen LogP contribution in [0.25, 0.3) is 0 Å². The van der Waals surface area contributed by atoms with Crippen molar-refractivity contribution in [2.45, 2.75) is 91.3 Å². The molecule has 2 unspecified atom stereocenters. The highest BCUT2D eigenvalue weighted by Gasteiger charge is 2.25. The first kappa shape index (κ1) is 19.7. The Morgan fingerprint density at radius 1 is 1.15 bits per heavy atom. The molecule has 0 aromatic rings. The van der Waals surface area contributed by atoms with Crippen LogP contribution in [-0.4, -0.2) is 23.4 Å². The number of aliphatic hydroxyl groups is 1. The summed E-state index contributed by atoms with van der Waals surface area (Å²) >= 11 is 0. The highest BCUT2D eigenvalue weighted by Crippen LogP contribution is 2.29. The zero-order chi connectivity index (χ0) is 15.4. The van der Waals surface area contributed by atoms with E-state index < -0.39 is 0 Å². The number of hydrogen-bond donors (Lipinski definition) is 1. The smallest absolute Gasteiger partial charge is 0.0692 e. The molecule has 120 valence electrons. The number of aliphatic hydroxyl groups excluding tert-OH is 1. The van der Waals surface area contributed by atoms with E-state index in [9.17, 15) is 5.11 Å². The van der Waals surface area contributed by atoms with Crippen molar-refractivity contribution in [1.82, 2.24) is 0 Å². The van der Waals surface area contributed by atoms with Crippen molar-refractivity contribution in [3.05, 3.63) is 12.2 Å². The van der Waals surface area contributed by atoms with Gasteiger partial charge in [-0.3, -0.25) is 0 Å². The average Bonchev–Trinajstić information content (AvgIpc) is 2.44. The average molecular weight is 284 g/mol. The van der Waals surface area contributed by atoms with Crippen LogP contribution in [0.2, 0.25) is 0 Å². The lowest BCUT2D eigenvalue weighted by Crippen LogP contribution is -2.31. The Labute approximate surface area is 126 Å². The molecule has 20 heavy (non-hydrogen) atoms. The summed E-state index contributed by atoms with van der Waals surface area (Å²) in [5, 5.41) is 9.24. The van der Waals surface area contributed by atoms with Gasteiger partial charge in [0, 0.05) is 6.61 Å². The van der Waals surface area contributed by atoms with Crippen molar-refractivity contribution in [1.29, 1.82) is 0 Å². The summed E-state index contributed by atoms with van der Waals surface area (Å²) in [5.74, 6) is 0.734. The molecule has 0 aliphatic carbocycles. The summed E-state index contributed by atoms with van der Waals surface area (Å²) in [5.41, 5.74) is 0.0997. The largest absolute Gasteiger partial charge is 0.389 e. The van der Waals surface area contributed by atoms with Crippen molar-refractivity contribution in [3.8, 4) is 0 Å². The summed E-state index contributed by atoms with van der Waals surface area (Å²) in [7, 11) is 0. The molecule has 0 heterocycles. The maximum Gasteiger partial charge on any atom is 0.0692 e. The third-order valence-electron chi connectivity index (χ3n) is 4.45. The van der Waals surface area contributed by atoms with Crippen molar-refractivity contribution in [2.24, 2.45) is 5.92 Å². The molecule has 0 aromatic carbocycles. The van der Waals surface area contributed by atoms with E-state index in [1.54, 1.807) is 6.92 Å². The van der Waals surface area contributed by atoms with Crippen molar-refractivity contribution >= 4 is 0 Å². The van der Waals surface area contributed by atoms with Gasteiger partial charge in [0.1, 0.15) is 0 Å². The van der Waals surface area contributed by atoms with Crippen LogP contribution >= 0.6 is 0 Å². The topological polar surface area (TPSA) is 29.5 Å². The second-order valence-electron chi connectivity index (χ2n) is 5.89. The lowest BCUT2D eigenvalue weighted by atomic mass is 9.87. The Balaban J connectivity index is 4.15. The predicted octanol–water partition coefficient (Wildman–Crippen LogP) is 5.11. The van der Waals surface area contributed by atoms with Gasteiger partial charge in [-0.15, -0.1) is 0 Å². The molecular weight excluding hydrogens is 248 g/mol. The van der Waals surface area contributed by atoms with Gasteiger partial charge in [-0.2, -0.15) is 0 Å². The molecule has 0 radical (unpaired) electrons. The van der Waals surface area contributed by atoms with Crippen LogP contribution in [0.15, 0.2) is 12.2 Å². The number of allylic oxidation sites excluding steroid dienone is 1. The van der Waals surface area contributed by atoms with Gasteiger partial charge >= 0.3 is 0 Å². The Morgan fingerprint density at radius 3 is 2.25 bits per heavy atom. The third kappa shape index (κ3) is 8.06. The standard InChI is InChI=1S/C18H36O2/c1-6-17(13-10-12-16(5)19)14-11-15-18(7-2,8-3)20-9-4/h10,12,16-17,19H,6-9,11,13-15H2,1-5H3. The predicted molar refractivity (Wildman–Crippen MR) is 88.0 cm³/mol. The molecular formula is C18H36O2. The fourth-order valence-electron chi connectivity index (χ4n) is 2.86. The van der Waals surface area contributed by atoms with Crippen LogP contribution < -0.4 is 0 Å². The normalized spacial score (nSPS) is 15.7. The van der Waals surface area contributed by atoms with Crippen LogP contribution in [0, 0.1) is 5.92 Å². The lowest BCUT2D eigenvalue weighted by Gasteiger charge is -2.32. The Bertz CT molecular complexity index is 242. The van der Waals surface area contributed by atoms with Crippen molar-refractivity contribution < 1.29 is 9.84 Å². The van der Waals surface area contributed by atoms with Crippen LogP contribution in [0.4, 0.5) is 0 Å². The zero-order valence-electron chi connectivity index (χ0n) is 14.3. The van der Waals surface area contributed by atoms with E-state index in [0.717, 1.165) is 31.8 Å². The third-order valence-corrected chi connectivity index (χ3v) is 4.45. The van der Waals surface area contributed by atoms with Crippen LogP contribution in [0.1, 0.15) is 79.6 Å². The minimum absolute atomic E-state index is 0.0997. The molecule has 1 N–H and O–H groups in total. The molecule has 0 aromatic heterocycles. The second-order valence-corrected chi connectivity index (χ2v) is 5.89. The minimum Gasteiger partial charge on any atom is -0.389 e. The molecule has 0 aliphatic rings. The van der Waals surface area contributed by atoms with E-state index in [1.807, 2.05) is 6.08 Å². The van der Waals surface area contributed by atoms with Crippen molar-refractivity contribution in [2.75, 3.05) is 6.61 Å². The summed E-state index contributed by atoms with van der Waals surface area (Å²) in [6, 6.07) is 0. The molecule has 0 bridgehead atoms. The molecule has 2 nitrogen and oxygen atoms in total. The summed E-state index contributed by atoms with van der Waals surface area (Å²) in [6.45, 7) is 11.4. The maximum atomic E-state index is 9.24. The SMILES string of the molecule is CCOC(CC)(CC)CCCC(CC)CC=CC(C)O. The Kier molecular flexibility index (Phi) is 11.1. The summed E-state index contributed by atoms with van der Waals surface area (Å²) in [6.07, 6.45) is 11.9. The molecule has 0 rings (SSSR count). The highest BCUT2D eigenvalue weighted by molar-refractivity contribution is 4.88. The number of rotatable bonds is 12. The van der Waals surface area contributed by atoms with E-state index in [4.69, 9.17) is 4.74 Å². The van der Waals surface area contributed by atoms with E-state index in [-0.39, 0.29) is 11.7 Å². The van der Waals surface area contributed by atoms with Crippen molar-refractivity contribution in [3.63, 3.8) is 0 Å². The summed E-state index contributed by atoms with van der Waals surface area (Å²) < 4.78 is 6.01. The molecule has 0 aliphatic heterocycles. The summed E-state index contributed by atoms with van der Waals surface area (Å²) in [4.78, 5) is 0. The number of hydrogen-bond acceptors (Lipinski definition) is 2. The fourth-order valence-corrected chi connectivity index (χ4v) is 2.86. The monoisotopic (exact) mass is 284 g/mol. The van der Waals surface area contributed by atoms with E-state index in [2.05, 4.69) is 33.8 Å². The van der Waals surface area contributed by atoms with Crippen LogP contribution in [-0.2, 0) is 4.74 Å². The van der Waals surface area contributed by atoms with Crippen LogP contribution in [0.3, 0.4) is 0 Å². The van der Waals surface area contributed by atoms with Crippen LogP contribution in [0.5, 0.6) is 0 Å². The fraction of sp³-hybridized carbons (Fsp3) is 0.889.